The number of thiazole rings is 1. The van der Waals surface area contributed by atoms with Crippen LogP contribution in [0.2, 0.25) is 0 Å². The second-order valence-electron chi connectivity index (χ2n) is 7.37. The van der Waals surface area contributed by atoms with Crippen LogP contribution in [0.1, 0.15) is 35.3 Å². The van der Waals surface area contributed by atoms with Gasteiger partial charge in [0.15, 0.2) is 16.8 Å². The number of rotatable bonds is 4. The van der Waals surface area contributed by atoms with Gasteiger partial charge in [-0.1, -0.05) is 6.42 Å². The summed E-state index contributed by atoms with van der Waals surface area (Å²) in [6, 6.07) is 3.30. The minimum Gasteiger partial charge on any atom is -0.345 e. The summed E-state index contributed by atoms with van der Waals surface area (Å²) in [6.45, 7) is 5.66. The molecule has 2 saturated heterocycles. The summed E-state index contributed by atoms with van der Waals surface area (Å²) < 4.78 is 26.5. The van der Waals surface area contributed by atoms with Crippen LogP contribution in [-0.2, 0) is 6.54 Å². The Bertz CT molecular complexity index is 829. The summed E-state index contributed by atoms with van der Waals surface area (Å²) in [5, 5.41) is 3.12. The SMILES string of the molecule is O=C(c1ccc(F)c(F)c1)N1CCN(c2nc(CN3CCCCC3)cs2)CC1. The maximum Gasteiger partial charge on any atom is 0.254 e. The Morgan fingerprint density at radius 3 is 2.46 bits per heavy atom. The number of anilines is 1. The van der Waals surface area contributed by atoms with Gasteiger partial charge in [-0.05, 0) is 44.1 Å². The van der Waals surface area contributed by atoms with E-state index in [0.29, 0.717) is 26.2 Å². The third-order valence-corrected chi connectivity index (χ3v) is 6.33. The number of piperidine rings is 1. The van der Waals surface area contributed by atoms with Crippen molar-refractivity contribution in [2.45, 2.75) is 25.8 Å². The van der Waals surface area contributed by atoms with E-state index in [2.05, 4.69) is 15.2 Å². The van der Waals surface area contributed by atoms with Crippen molar-refractivity contribution < 1.29 is 13.6 Å². The predicted octanol–water partition coefficient (Wildman–Crippen LogP) is 3.37. The van der Waals surface area contributed by atoms with E-state index in [1.54, 1.807) is 16.2 Å². The molecule has 150 valence electrons. The molecule has 28 heavy (non-hydrogen) atoms. The van der Waals surface area contributed by atoms with Crippen molar-refractivity contribution in [2.75, 3.05) is 44.2 Å². The zero-order chi connectivity index (χ0) is 19.5. The number of carbonyl (C=O) groups is 1. The van der Waals surface area contributed by atoms with Gasteiger partial charge in [0.1, 0.15) is 0 Å². The number of halogens is 2. The van der Waals surface area contributed by atoms with Gasteiger partial charge in [0.2, 0.25) is 0 Å². The van der Waals surface area contributed by atoms with Crippen LogP contribution in [0.4, 0.5) is 13.9 Å². The molecule has 1 amide bonds. The molecule has 4 rings (SSSR count). The highest BCUT2D eigenvalue weighted by Gasteiger charge is 2.24. The number of carbonyl (C=O) groups excluding carboxylic acids is 1. The van der Waals surface area contributed by atoms with Gasteiger partial charge in [0.05, 0.1) is 5.69 Å². The number of benzene rings is 1. The molecule has 2 aliphatic rings. The largest absolute Gasteiger partial charge is 0.345 e. The van der Waals surface area contributed by atoms with Gasteiger partial charge in [0, 0.05) is 43.7 Å². The van der Waals surface area contributed by atoms with E-state index < -0.39 is 11.6 Å². The number of hydrogen-bond donors (Lipinski definition) is 0. The van der Waals surface area contributed by atoms with Crippen molar-refractivity contribution in [3.63, 3.8) is 0 Å². The van der Waals surface area contributed by atoms with Crippen molar-refractivity contribution in [3.8, 4) is 0 Å². The van der Waals surface area contributed by atoms with Crippen LogP contribution in [0.15, 0.2) is 23.6 Å². The second kappa shape index (κ2) is 8.53. The smallest absolute Gasteiger partial charge is 0.254 e. The van der Waals surface area contributed by atoms with E-state index >= 15 is 0 Å². The monoisotopic (exact) mass is 406 g/mol. The fourth-order valence-corrected chi connectivity index (χ4v) is 4.64. The summed E-state index contributed by atoms with van der Waals surface area (Å²) in [5.74, 6) is -2.19. The lowest BCUT2D eigenvalue weighted by Crippen LogP contribution is -2.48. The predicted molar refractivity (Wildman–Crippen MR) is 106 cm³/mol. The van der Waals surface area contributed by atoms with Gasteiger partial charge in [-0.2, -0.15) is 0 Å². The minimum absolute atomic E-state index is 0.186. The van der Waals surface area contributed by atoms with Crippen molar-refractivity contribution in [2.24, 2.45) is 0 Å². The van der Waals surface area contributed by atoms with E-state index in [1.807, 2.05) is 0 Å². The lowest BCUT2D eigenvalue weighted by atomic mass is 10.1. The average molecular weight is 407 g/mol. The number of likely N-dealkylation sites (tertiary alicyclic amines) is 1. The van der Waals surface area contributed by atoms with Crippen LogP contribution < -0.4 is 4.90 Å². The van der Waals surface area contributed by atoms with Crippen molar-refractivity contribution in [1.29, 1.82) is 0 Å². The van der Waals surface area contributed by atoms with E-state index in [-0.39, 0.29) is 11.5 Å². The highest BCUT2D eigenvalue weighted by Crippen LogP contribution is 2.24. The molecular weight excluding hydrogens is 382 g/mol. The van der Waals surface area contributed by atoms with Crippen LogP contribution in [0.25, 0.3) is 0 Å². The molecule has 3 heterocycles. The first-order chi connectivity index (χ1) is 13.6. The van der Waals surface area contributed by atoms with Gasteiger partial charge < -0.3 is 9.80 Å². The Labute approximate surface area is 167 Å². The third-order valence-electron chi connectivity index (χ3n) is 5.38. The summed E-state index contributed by atoms with van der Waals surface area (Å²) in [7, 11) is 0. The van der Waals surface area contributed by atoms with Gasteiger partial charge in [0.25, 0.3) is 5.91 Å². The maximum absolute atomic E-state index is 13.4. The summed E-state index contributed by atoms with van der Waals surface area (Å²) in [4.78, 5) is 23.7. The molecule has 0 aliphatic carbocycles. The van der Waals surface area contributed by atoms with Gasteiger partial charge in [-0.25, -0.2) is 13.8 Å². The van der Waals surface area contributed by atoms with Gasteiger partial charge in [-0.15, -0.1) is 11.3 Å². The lowest BCUT2D eigenvalue weighted by Gasteiger charge is -2.34. The first-order valence-corrected chi connectivity index (χ1v) is 10.6. The van der Waals surface area contributed by atoms with E-state index in [4.69, 9.17) is 4.98 Å². The standard InChI is InChI=1S/C20H24F2N4OS/c21-17-5-4-15(12-18(17)22)19(27)25-8-10-26(11-9-25)20-23-16(14-28-20)13-24-6-2-1-3-7-24/h4-5,12,14H,1-3,6-11,13H2. The Morgan fingerprint density at radius 1 is 1.00 bits per heavy atom. The average Bonchev–Trinajstić information content (AvgIpc) is 3.19. The molecule has 2 fully saturated rings. The first kappa shape index (κ1) is 19.3. The Hall–Kier alpha value is -2.06. The van der Waals surface area contributed by atoms with Gasteiger partial charge in [-0.3, -0.25) is 9.69 Å². The Morgan fingerprint density at radius 2 is 1.75 bits per heavy atom. The molecule has 1 aromatic heterocycles. The zero-order valence-corrected chi connectivity index (χ0v) is 16.6. The topological polar surface area (TPSA) is 39.7 Å². The fraction of sp³-hybridized carbons (Fsp3) is 0.500. The highest BCUT2D eigenvalue weighted by atomic mass is 32.1. The fourth-order valence-electron chi connectivity index (χ4n) is 3.77. The van der Waals surface area contributed by atoms with Crippen LogP contribution >= 0.6 is 11.3 Å². The highest BCUT2D eigenvalue weighted by molar-refractivity contribution is 7.13. The lowest BCUT2D eigenvalue weighted by molar-refractivity contribution is 0.0746. The molecule has 0 radical (unpaired) electrons. The molecule has 1 aromatic carbocycles. The van der Waals surface area contributed by atoms with E-state index in [0.717, 1.165) is 42.6 Å². The quantitative estimate of drug-likeness (QED) is 0.781. The molecule has 8 heteroatoms. The molecule has 0 bridgehead atoms. The first-order valence-electron chi connectivity index (χ1n) is 9.76. The van der Waals surface area contributed by atoms with Crippen molar-refractivity contribution in [1.82, 2.24) is 14.8 Å². The summed E-state index contributed by atoms with van der Waals surface area (Å²) >= 11 is 1.65. The molecule has 0 unspecified atom stereocenters. The third kappa shape index (κ3) is 4.33. The van der Waals surface area contributed by atoms with Crippen molar-refractivity contribution >= 4 is 22.4 Å². The molecular formula is C20H24F2N4OS. The second-order valence-corrected chi connectivity index (χ2v) is 8.20. The van der Waals surface area contributed by atoms with Crippen molar-refractivity contribution in [3.05, 3.63) is 46.5 Å². The Balaban J connectivity index is 1.32. The van der Waals surface area contributed by atoms with Crippen LogP contribution in [0.5, 0.6) is 0 Å². The molecule has 0 saturated carbocycles. The normalized spacial score (nSPS) is 18.5. The zero-order valence-electron chi connectivity index (χ0n) is 15.7. The molecule has 5 nitrogen and oxygen atoms in total. The molecule has 0 spiro atoms. The number of hydrogen-bond acceptors (Lipinski definition) is 5. The van der Waals surface area contributed by atoms with Gasteiger partial charge >= 0.3 is 0 Å². The maximum atomic E-state index is 13.4. The number of nitrogens with zero attached hydrogens (tertiary/aromatic N) is 4. The van der Waals surface area contributed by atoms with Crippen LogP contribution in [-0.4, -0.2) is 60.0 Å². The van der Waals surface area contributed by atoms with E-state index in [1.165, 1.54) is 25.3 Å². The number of amides is 1. The molecule has 2 aromatic rings. The Kier molecular flexibility index (Phi) is 5.87. The minimum atomic E-state index is -0.992. The molecule has 2 aliphatic heterocycles. The molecule has 0 atom stereocenters. The van der Waals surface area contributed by atoms with Crippen LogP contribution in [0, 0.1) is 11.6 Å². The number of piperazine rings is 1. The number of aromatic nitrogens is 1. The molecule has 0 N–H and O–H groups in total. The summed E-state index contributed by atoms with van der Waals surface area (Å²) in [5.41, 5.74) is 1.30. The summed E-state index contributed by atoms with van der Waals surface area (Å²) in [6.07, 6.45) is 3.86. The van der Waals surface area contributed by atoms with E-state index in [9.17, 15) is 13.6 Å². The van der Waals surface area contributed by atoms with Crippen LogP contribution in [0.3, 0.4) is 0 Å².